The minimum absolute atomic E-state index is 0.0849. The Morgan fingerprint density at radius 3 is 2.50 bits per heavy atom. The standard InChI is InChI=1S/C27H28Cl4N4O3/c1-27(2,3)35-12-5-8-21(35)22(36)10-13-34(26(37)25(30)31)16-9-11-32-19(14-16)23-15-20(33-38-23)24-17(28)6-4-7-18(24)29/h4,6-7,9,11,14-15,21,25H,5,8,10,12-13H2,1-3H3. The van der Waals surface area contributed by atoms with E-state index in [1.54, 1.807) is 36.4 Å². The highest BCUT2D eigenvalue weighted by Crippen LogP contribution is 2.36. The van der Waals surface area contributed by atoms with Gasteiger partial charge < -0.3 is 9.42 Å². The Labute approximate surface area is 242 Å². The number of anilines is 1. The normalized spacial score (nSPS) is 16.3. The van der Waals surface area contributed by atoms with E-state index in [2.05, 4.69) is 35.8 Å². The first-order valence-corrected chi connectivity index (χ1v) is 13.9. The van der Waals surface area contributed by atoms with Crippen molar-refractivity contribution in [3.05, 3.63) is 52.6 Å². The second-order valence-corrected chi connectivity index (χ2v) is 12.0. The van der Waals surface area contributed by atoms with Crippen molar-refractivity contribution in [2.24, 2.45) is 0 Å². The van der Waals surface area contributed by atoms with Gasteiger partial charge in [-0.25, -0.2) is 0 Å². The van der Waals surface area contributed by atoms with Crippen LogP contribution in [0.25, 0.3) is 22.7 Å². The summed E-state index contributed by atoms with van der Waals surface area (Å²) in [4.78, 5) is 32.9. The average Bonchev–Trinajstić information content (AvgIpc) is 3.54. The maximum absolute atomic E-state index is 13.2. The zero-order valence-corrected chi connectivity index (χ0v) is 24.3. The molecule has 7 nitrogen and oxygen atoms in total. The number of alkyl halides is 2. The van der Waals surface area contributed by atoms with Crippen LogP contribution < -0.4 is 4.90 Å². The van der Waals surface area contributed by atoms with Crippen LogP contribution in [0.15, 0.2) is 47.1 Å². The molecule has 1 aromatic carbocycles. The molecule has 2 aromatic heterocycles. The topological polar surface area (TPSA) is 79.5 Å². The molecule has 1 amide bonds. The monoisotopic (exact) mass is 596 g/mol. The van der Waals surface area contributed by atoms with Gasteiger partial charge in [-0.3, -0.25) is 19.5 Å². The molecule has 0 aliphatic carbocycles. The summed E-state index contributed by atoms with van der Waals surface area (Å²) in [5.74, 6) is -0.0958. The highest BCUT2D eigenvalue weighted by atomic mass is 35.5. The third-order valence-electron chi connectivity index (χ3n) is 6.56. The molecule has 3 heterocycles. The van der Waals surface area contributed by atoms with Crippen LogP contribution in [0.4, 0.5) is 5.69 Å². The molecule has 0 radical (unpaired) electrons. The second kappa shape index (κ2) is 11.9. The van der Waals surface area contributed by atoms with Gasteiger partial charge in [-0.05, 0) is 64.4 Å². The zero-order chi connectivity index (χ0) is 27.6. The lowest BCUT2D eigenvalue weighted by Gasteiger charge is -2.36. The van der Waals surface area contributed by atoms with Crippen molar-refractivity contribution < 1.29 is 14.1 Å². The molecule has 0 saturated carbocycles. The van der Waals surface area contributed by atoms with Gasteiger partial charge in [0, 0.05) is 42.0 Å². The summed E-state index contributed by atoms with van der Waals surface area (Å²) >= 11 is 24.6. The largest absolute Gasteiger partial charge is 0.354 e. The number of pyridine rings is 1. The molecular formula is C27H28Cl4N4O3. The molecule has 3 aromatic rings. The van der Waals surface area contributed by atoms with Gasteiger partial charge >= 0.3 is 0 Å². The van der Waals surface area contributed by atoms with Crippen LogP contribution in [-0.4, -0.2) is 56.2 Å². The van der Waals surface area contributed by atoms with Crippen LogP contribution in [0.1, 0.15) is 40.0 Å². The van der Waals surface area contributed by atoms with Gasteiger partial charge in [-0.2, -0.15) is 0 Å². The Balaban J connectivity index is 1.57. The van der Waals surface area contributed by atoms with Crippen LogP contribution in [0.5, 0.6) is 0 Å². The number of carbonyl (C=O) groups is 2. The highest BCUT2D eigenvalue weighted by molar-refractivity contribution is 6.54. The molecule has 0 bridgehead atoms. The third kappa shape index (κ3) is 6.35. The smallest absolute Gasteiger partial charge is 0.260 e. The molecule has 1 unspecified atom stereocenters. The minimum atomic E-state index is -1.29. The number of halogens is 4. The van der Waals surface area contributed by atoms with Gasteiger partial charge in [0.15, 0.2) is 16.4 Å². The lowest BCUT2D eigenvalue weighted by molar-refractivity contribution is -0.124. The number of nitrogens with zero attached hydrogens (tertiary/aromatic N) is 4. The summed E-state index contributed by atoms with van der Waals surface area (Å²) in [6.45, 7) is 7.32. The highest BCUT2D eigenvalue weighted by Gasteiger charge is 2.37. The molecule has 1 atom stereocenters. The summed E-state index contributed by atoms with van der Waals surface area (Å²) in [5, 5.41) is 4.96. The van der Waals surface area contributed by atoms with Crippen molar-refractivity contribution in [3.8, 4) is 22.7 Å². The van der Waals surface area contributed by atoms with Crippen LogP contribution in [-0.2, 0) is 9.59 Å². The summed E-state index contributed by atoms with van der Waals surface area (Å²) in [7, 11) is 0. The molecule has 1 fully saturated rings. The fourth-order valence-electron chi connectivity index (χ4n) is 4.76. The van der Waals surface area contributed by atoms with E-state index in [9.17, 15) is 9.59 Å². The van der Waals surface area contributed by atoms with Crippen molar-refractivity contribution >= 4 is 63.8 Å². The number of aromatic nitrogens is 2. The Bertz CT molecular complexity index is 1300. The Kier molecular flexibility index (Phi) is 9.05. The number of amides is 1. The van der Waals surface area contributed by atoms with Crippen LogP contribution in [0.2, 0.25) is 10.0 Å². The van der Waals surface area contributed by atoms with Crippen LogP contribution >= 0.6 is 46.4 Å². The van der Waals surface area contributed by atoms with E-state index in [1.165, 1.54) is 11.1 Å². The SMILES string of the molecule is CC(C)(C)N1CCCC1C(=O)CCN(C(=O)C(Cl)Cl)c1ccnc(-c2cc(-c3c(Cl)cccc3Cl)no2)c1. The van der Waals surface area contributed by atoms with Crippen molar-refractivity contribution in [2.75, 3.05) is 18.0 Å². The number of hydrogen-bond acceptors (Lipinski definition) is 6. The Morgan fingerprint density at radius 1 is 1.13 bits per heavy atom. The van der Waals surface area contributed by atoms with Gasteiger partial charge in [0.1, 0.15) is 11.4 Å². The number of Topliss-reactive ketones (excluding diaryl/α,β-unsaturated/α-hetero) is 1. The predicted molar refractivity (Wildman–Crippen MR) is 152 cm³/mol. The van der Waals surface area contributed by atoms with Crippen molar-refractivity contribution in [3.63, 3.8) is 0 Å². The van der Waals surface area contributed by atoms with Gasteiger partial charge in [-0.1, -0.05) is 57.6 Å². The molecule has 0 spiro atoms. The molecule has 1 aliphatic heterocycles. The number of rotatable bonds is 8. The summed E-state index contributed by atoms with van der Waals surface area (Å²) in [6, 6.07) is 9.97. The lowest BCUT2D eigenvalue weighted by Crippen LogP contribution is -2.48. The van der Waals surface area contributed by atoms with E-state index in [0.29, 0.717) is 38.4 Å². The summed E-state index contributed by atoms with van der Waals surface area (Å²) < 4.78 is 5.52. The van der Waals surface area contributed by atoms with Gasteiger partial charge in [0.25, 0.3) is 5.91 Å². The Hall–Kier alpha value is -2.16. The third-order valence-corrected chi connectivity index (χ3v) is 7.56. The minimum Gasteiger partial charge on any atom is -0.354 e. The van der Waals surface area contributed by atoms with E-state index in [0.717, 1.165) is 19.4 Å². The van der Waals surface area contributed by atoms with Crippen molar-refractivity contribution in [1.29, 1.82) is 0 Å². The molecule has 202 valence electrons. The molecule has 1 aliphatic rings. The number of likely N-dealkylation sites (tertiary alicyclic amines) is 1. The van der Waals surface area contributed by atoms with E-state index in [-0.39, 0.29) is 30.3 Å². The molecule has 38 heavy (non-hydrogen) atoms. The second-order valence-electron chi connectivity index (χ2n) is 10.1. The molecule has 0 N–H and O–H groups in total. The van der Waals surface area contributed by atoms with E-state index >= 15 is 0 Å². The van der Waals surface area contributed by atoms with Gasteiger partial charge in [-0.15, -0.1) is 0 Å². The Morgan fingerprint density at radius 2 is 1.84 bits per heavy atom. The van der Waals surface area contributed by atoms with Crippen molar-refractivity contribution in [1.82, 2.24) is 15.0 Å². The first-order chi connectivity index (χ1) is 18.0. The van der Waals surface area contributed by atoms with Gasteiger partial charge in [0.2, 0.25) is 0 Å². The fraction of sp³-hybridized carbons (Fsp3) is 0.407. The summed E-state index contributed by atoms with van der Waals surface area (Å²) in [5.41, 5.74) is 1.77. The number of ketones is 1. The predicted octanol–water partition coefficient (Wildman–Crippen LogP) is 7.07. The summed E-state index contributed by atoms with van der Waals surface area (Å²) in [6.07, 6.45) is 3.47. The number of carbonyl (C=O) groups excluding carboxylic acids is 2. The first-order valence-electron chi connectivity index (χ1n) is 12.2. The van der Waals surface area contributed by atoms with Crippen LogP contribution in [0, 0.1) is 0 Å². The molecular weight excluding hydrogens is 570 g/mol. The number of benzene rings is 1. The maximum Gasteiger partial charge on any atom is 0.260 e. The quantitative estimate of drug-likeness (QED) is 0.258. The van der Waals surface area contributed by atoms with E-state index in [4.69, 9.17) is 50.9 Å². The molecule has 1 saturated heterocycles. The van der Waals surface area contributed by atoms with E-state index in [1.807, 2.05) is 0 Å². The fourth-order valence-corrected chi connectivity index (χ4v) is 5.58. The molecule has 4 rings (SSSR count). The zero-order valence-electron chi connectivity index (χ0n) is 21.3. The first kappa shape index (κ1) is 28.8. The lowest BCUT2D eigenvalue weighted by atomic mass is 10.0. The van der Waals surface area contributed by atoms with Crippen LogP contribution in [0.3, 0.4) is 0 Å². The average molecular weight is 598 g/mol. The molecule has 11 heteroatoms. The number of hydrogen-bond donors (Lipinski definition) is 0. The van der Waals surface area contributed by atoms with Crippen molar-refractivity contribution in [2.45, 2.75) is 56.5 Å². The van der Waals surface area contributed by atoms with E-state index < -0.39 is 10.7 Å². The maximum atomic E-state index is 13.2. The van der Waals surface area contributed by atoms with Gasteiger partial charge in [0.05, 0.1) is 16.1 Å².